The van der Waals surface area contributed by atoms with Crippen molar-refractivity contribution in [3.8, 4) is 0 Å². The highest BCUT2D eigenvalue weighted by molar-refractivity contribution is 5.71. The highest BCUT2D eigenvalue weighted by Crippen LogP contribution is 2.14. The molecule has 0 heterocycles. The number of allylic oxidation sites excluding steroid dienone is 16. The monoisotopic (exact) mass is 1000 g/mol. The third kappa shape index (κ3) is 57.2. The first-order valence-electron chi connectivity index (χ1n) is 30.2. The van der Waals surface area contributed by atoms with E-state index in [4.69, 9.17) is 14.2 Å². The van der Waals surface area contributed by atoms with Gasteiger partial charge in [0.2, 0.25) is 0 Å². The fourth-order valence-corrected chi connectivity index (χ4v) is 8.19. The van der Waals surface area contributed by atoms with E-state index in [1.807, 2.05) is 0 Å². The average molecular weight is 1000 g/mol. The van der Waals surface area contributed by atoms with Crippen molar-refractivity contribution in [1.82, 2.24) is 0 Å². The van der Waals surface area contributed by atoms with Crippen molar-refractivity contribution in [2.75, 3.05) is 13.2 Å². The van der Waals surface area contributed by atoms with Gasteiger partial charge in [-0.15, -0.1) is 0 Å². The number of carbonyl (C=O) groups excluding carboxylic acids is 3. The van der Waals surface area contributed by atoms with Gasteiger partial charge in [0.05, 0.1) is 0 Å². The van der Waals surface area contributed by atoms with Crippen LogP contribution in [-0.2, 0) is 28.6 Å². The Morgan fingerprint density at radius 2 is 0.500 bits per heavy atom. The maximum Gasteiger partial charge on any atom is 0.306 e. The highest BCUT2D eigenvalue weighted by Gasteiger charge is 2.19. The van der Waals surface area contributed by atoms with Crippen LogP contribution in [0.15, 0.2) is 97.2 Å². The van der Waals surface area contributed by atoms with E-state index in [0.29, 0.717) is 19.3 Å². The van der Waals surface area contributed by atoms with Crippen LogP contribution < -0.4 is 0 Å². The molecule has 6 nitrogen and oxygen atoms in total. The second kappa shape index (κ2) is 59.9. The standard InChI is InChI=1S/C66H112O6/c1-4-7-10-13-16-19-22-25-28-31-33-35-38-41-44-47-50-53-56-59-65(68)71-62-63(61-70-64(67)58-55-52-49-46-43-40-37-30-27-24-21-18-15-12-9-6-3)72-66(69)60-57-54-51-48-45-42-39-36-34-32-29-26-23-20-17-14-11-8-5-2/h16-17,19-21,24-26,28-30,33-37,63H,4-15,18,22-23,27,31-32,38-62H2,1-3H3/b19-16-,20-17-,24-21-,28-25-,29-26-,35-33-,36-34-,37-30-. The first-order valence-corrected chi connectivity index (χ1v) is 30.2. The lowest BCUT2D eigenvalue weighted by Gasteiger charge is -2.18. The molecule has 412 valence electrons. The van der Waals surface area contributed by atoms with Crippen LogP contribution in [0.2, 0.25) is 0 Å². The minimum Gasteiger partial charge on any atom is -0.462 e. The Hall–Kier alpha value is -3.67. The second-order valence-electron chi connectivity index (χ2n) is 19.9. The Labute approximate surface area is 445 Å². The average Bonchev–Trinajstić information content (AvgIpc) is 3.38. The maximum atomic E-state index is 12.9. The molecule has 0 radical (unpaired) electrons. The molecule has 0 aliphatic rings. The van der Waals surface area contributed by atoms with Gasteiger partial charge in [-0.25, -0.2) is 0 Å². The van der Waals surface area contributed by atoms with E-state index in [0.717, 1.165) is 128 Å². The molecule has 6 heteroatoms. The summed E-state index contributed by atoms with van der Waals surface area (Å²) in [5, 5.41) is 0. The van der Waals surface area contributed by atoms with Crippen molar-refractivity contribution in [3.63, 3.8) is 0 Å². The molecule has 0 saturated carbocycles. The van der Waals surface area contributed by atoms with E-state index >= 15 is 0 Å². The molecular formula is C66H112O6. The number of carbonyl (C=O) groups is 3. The SMILES string of the molecule is CCCCC/C=C\C/C=C\C/C=C\CCCCCCCCC(=O)OCC(COC(=O)CCCCCCC/C=C\C/C=C\CCCCCC)OC(=O)CCCCCCCC/C=C\C/C=C\C/C=C\CCCCC. The summed E-state index contributed by atoms with van der Waals surface area (Å²) in [6.45, 7) is 6.55. The molecule has 0 N–H and O–H groups in total. The van der Waals surface area contributed by atoms with Gasteiger partial charge >= 0.3 is 17.9 Å². The molecule has 0 aliphatic carbocycles. The van der Waals surface area contributed by atoms with E-state index in [-0.39, 0.29) is 31.1 Å². The van der Waals surface area contributed by atoms with Gasteiger partial charge in [0, 0.05) is 19.3 Å². The zero-order valence-electron chi connectivity index (χ0n) is 47.2. The summed E-state index contributed by atoms with van der Waals surface area (Å²) in [6, 6.07) is 0. The molecule has 0 amide bonds. The van der Waals surface area contributed by atoms with Crippen LogP contribution in [0.1, 0.15) is 284 Å². The third-order valence-corrected chi connectivity index (χ3v) is 12.8. The van der Waals surface area contributed by atoms with Crippen LogP contribution >= 0.6 is 0 Å². The number of rotatable bonds is 54. The maximum absolute atomic E-state index is 12.9. The molecule has 1 unspecified atom stereocenters. The quantitative estimate of drug-likeness (QED) is 0.0261. The summed E-state index contributed by atoms with van der Waals surface area (Å²) in [5.74, 6) is -0.927. The Bertz CT molecular complexity index is 1430. The van der Waals surface area contributed by atoms with Gasteiger partial charge in [-0.05, 0) is 128 Å². The molecule has 0 aromatic rings. The molecule has 0 spiro atoms. The van der Waals surface area contributed by atoms with Crippen LogP contribution in [-0.4, -0.2) is 37.2 Å². The molecule has 72 heavy (non-hydrogen) atoms. The molecule has 1 atom stereocenters. The summed E-state index contributed by atoms with van der Waals surface area (Å²) < 4.78 is 16.9. The zero-order chi connectivity index (χ0) is 52.2. The molecule has 0 aromatic heterocycles. The van der Waals surface area contributed by atoms with Crippen LogP contribution in [0, 0.1) is 0 Å². The second-order valence-corrected chi connectivity index (χ2v) is 19.9. The lowest BCUT2D eigenvalue weighted by Crippen LogP contribution is -2.30. The number of esters is 3. The summed E-state index contributed by atoms with van der Waals surface area (Å²) in [6.07, 6.45) is 79.6. The van der Waals surface area contributed by atoms with E-state index in [2.05, 4.69) is 118 Å². The molecular weight excluding hydrogens is 889 g/mol. The summed E-state index contributed by atoms with van der Waals surface area (Å²) in [4.78, 5) is 38.3. The van der Waals surface area contributed by atoms with Crippen molar-refractivity contribution in [2.45, 2.75) is 290 Å². The van der Waals surface area contributed by atoms with E-state index in [9.17, 15) is 14.4 Å². The molecule has 0 aliphatic heterocycles. The predicted molar refractivity (Wildman–Crippen MR) is 311 cm³/mol. The molecule has 0 aromatic carbocycles. The Morgan fingerprint density at radius 3 is 0.806 bits per heavy atom. The van der Waals surface area contributed by atoms with Crippen molar-refractivity contribution in [1.29, 1.82) is 0 Å². The van der Waals surface area contributed by atoms with Gasteiger partial charge in [0.15, 0.2) is 6.10 Å². The van der Waals surface area contributed by atoms with Gasteiger partial charge in [-0.3, -0.25) is 14.4 Å². The lowest BCUT2D eigenvalue weighted by atomic mass is 10.1. The normalized spacial score (nSPS) is 12.8. The molecule has 0 rings (SSSR count). The van der Waals surface area contributed by atoms with E-state index < -0.39 is 6.10 Å². The first-order chi connectivity index (χ1) is 35.5. The number of hydrogen-bond acceptors (Lipinski definition) is 6. The number of hydrogen-bond donors (Lipinski definition) is 0. The van der Waals surface area contributed by atoms with Gasteiger partial charge in [-0.1, -0.05) is 234 Å². The smallest absolute Gasteiger partial charge is 0.306 e. The zero-order valence-corrected chi connectivity index (χ0v) is 47.2. The fourth-order valence-electron chi connectivity index (χ4n) is 8.19. The minimum absolute atomic E-state index is 0.0949. The number of unbranched alkanes of at least 4 members (excludes halogenated alkanes) is 27. The predicted octanol–water partition coefficient (Wildman–Crippen LogP) is 20.5. The molecule has 0 bridgehead atoms. The van der Waals surface area contributed by atoms with Crippen LogP contribution in [0.4, 0.5) is 0 Å². The summed E-state index contributed by atoms with van der Waals surface area (Å²) in [7, 11) is 0. The molecule has 0 saturated heterocycles. The van der Waals surface area contributed by atoms with E-state index in [1.165, 1.54) is 116 Å². The van der Waals surface area contributed by atoms with Gasteiger partial charge in [-0.2, -0.15) is 0 Å². The Kier molecular flexibility index (Phi) is 56.8. The van der Waals surface area contributed by atoms with Crippen molar-refractivity contribution < 1.29 is 28.6 Å². The van der Waals surface area contributed by atoms with Crippen LogP contribution in [0.3, 0.4) is 0 Å². The van der Waals surface area contributed by atoms with Crippen molar-refractivity contribution >= 4 is 17.9 Å². The van der Waals surface area contributed by atoms with Gasteiger partial charge in [0.1, 0.15) is 13.2 Å². The van der Waals surface area contributed by atoms with E-state index in [1.54, 1.807) is 0 Å². The van der Waals surface area contributed by atoms with Crippen molar-refractivity contribution in [2.24, 2.45) is 0 Å². The number of ether oxygens (including phenoxy) is 3. The van der Waals surface area contributed by atoms with Crippen molar-refractivity contribution in [3.05, 3.63) is 97.2 Å². The van der Waals surface area contributed by atoms with Crippen LogP contribution in [0.25, 0.3) is 0 Å². The molecule has 0 fully saturated rings. The highest BCUT2D eigenvalue weighted by atomic mass is 16.6. The fraction of sp³-hybridized carbons (Fsp3) is 0.712. The van der Waals surface area contributed by atoms with Gasteiger partial charge < -0.3 is 14.2 Å². The summed E-state index contributed by atoms with van der Waals surface area (Å²) in [5.41, 5.74) is 0. The van der Waals surface area contributed by atoms with Crippen LogP contribution in [0.5, 0.6) is 0 Å². The third-order valence-electron chi connectivity index (χ3n) is 12.8. The topological polar surface area (TPSA) is 78.9 Å². The lowest BCUT2D eigenvalue weighted by molar-refractivity contribution is -0.167. The summed E-state index contributed by atoms with van der Waals surface area (Å²) >= 11 is 0. The first kappa shape index (κ1) is 68.3. The van der Waals surface area contributed by atoms with Gasteiger partial charge in [0.25, 0.3) is 0 Å². The minimum atomic E-state index is -0.798. The largest absolute Gasteiger partial charge is 0.462 e. The Morgan fingerprint density at radius 1 is 0.278 bits per heavy atom. The Balaban J connectivity index is 4.47.